The molecule has 21 heavy (non-hydrogen) atoms. The van der Waals surface area contributed by atoms with Gasteiger partial charge in [0.25, 0.3) is 5.56 Å². The number of H-pyrrole nitrogens is 1. The highest BCUT2D eigenvalue weighted by Gasteiger charge is 2.43. The van der Waals surface area contributed by atoms with E-state index in [0.717, 1.165) is 11.8 Å². The molecular weight excluding hydrogens is 270 g/mol. The summed E-state index contributed by atoms with van der Waals surface area (Å²) in [6, 6.07) is 7.31. The molecule has 2 aromatic rings. The van der Waals surface area contributed by atoms with Crippen LogP contribution in [-0.4, -0.2) is 29.3 Å². The van der Waals surface area contributed by atoms with Crippen LogP contribution in [0, 0.1) is 11.8 Å². The van der Waals surface area contributed by atoms with Crippen LogP contribution in [0.3, 0.4) is 0 Å². The zero-order chi connectivity index (χ0) is 14.8. The Morgan fingerprint density at radius 2 is 2.19 bits per heavy atom. The van der Waals surface area contributed by atoms with Crippen molar-refractivity contribution in [3.63, 3.8) is 0 Å². The van der Waals surface area contributed by atoms with Crippen molar-refractivity contribution in [3.8, 4) is 0 Å². The molecule has 110 valence electrons. The summed E-state index contributed by atoms with van der Waals surface area (Å²) in [6.45, 7) is 2.87. The van der Waals surface area contributed by atoms with Gasteiger partial charge in [-0.15, -0.1) is 0 Å². The van der Waals surface area contributed by atoms with Crippen LogP contribution in [0.5, 0.6) is 0 Å². The monoisotopic (exact) mass is 287 g/mol. The molecule has 1 aromatic heterocycles. The van der Waals surface area contributed by atoms with Gasteiger partial charge in [0.2, 0.25) is 0 Å². The molecule has 0 spiro atoms. The van der Waals surface area contributed by atoms with E-state index in [1.165, 1.54) is 0 Å². The van der Waals surface area contributed by atoms with E-state index in [1.54, 1.807) is 6.07 Å². The van der Waals surface area contributed by atoms with Crippen molar-refractivity contribution in [1.29, 1.82) is 0 Å². The van der Waals surface area contributed by atoms with Crippen LogP contribution in [0.1, 0.15) is 13.3 Å². The average Bonchev–Trinajstić information content (AvgIpc) is 3.27. The van der Waals surface area contributed by atoms with E-state index in [9.17, 15) is 9.59 Å². The second kappa shape index (κ2) is 5.55. The summed E-state index contributed by atoms with van der Waals surface area (Å²) in [5.41, 5.74) is -0.202. The highest BCUT2D eigenvalue weighted by Crippen LogP contribution is 2.39. The quantitative estimate of drug-likeness (QED) is 0.815. The Labute approximate surface area is 121 Å². The fourth-order valence-corrected chi connectivity index (χ4v) is 2.49. The van der Waals surface area contributed by atoms with Crippen molar-refractivity contribution in [2.45, 2.75) is 13.3 Å². The molecule has 0 saturated heterocycles. The minimum absolute atomic E-state index is 0.00789. The number of hydrogen-bond acceptors (Lipinski definition) is 5. The zero-order valence-corrected chi connectivity index (χ0v) is 11.8. The Bertz CT molecular complexity index is 725. The number of benzene rings is 1. The number of aromatic nitrogens is 2. The summed E-state index contributed by atoms with van der Waals surface area (Å²) in [4.78, 5) is 23.3. The Hall–Kier alpha value is -2.37. The first-order valence-corrected chi connectivity index (χ1v) is 7.08. The first kappa shape index (κ1) is 13.6. The number of aromatic amines is 1. The Morgan fingerprint density at radius 1 is 1.43 bits per heavy atom. The molecule has 2 unspecified atom stereocenters. The standard InChI is InChI=1S/C15H17N3O3/c1-2-21-15(20)12-7-9(12)8-16-13-10-5-3-4-6-11(10)14(19)18-17-13/h3-6,9,12H,2,7-8H2,1H3,(H,16,17)(H,18,19). The van der Waals surface area contributed by atoms with E-state index in [2.05, 4.69) is 15.5 Å². The first-order chi connectivity index (χ1) is 10.2. The zero-order valence-electron chi connectivity index (χ0n) is 11.8. The van der Waals surface area contributed by atoms with Crippen LogP contribution >= 0.6 is 0 Å². The molecule has 3 rings (SSSR count). The number of rotatable bonds is 5. The van der Waals surface area contributed by atoms with Gasteiger partial charge in [-0.25, -0.2) is 5.10 Å². The third-order valence-corrected chi connectivity index (χ3v) is 3.74. The summed E-state index contributed by atoms with van der Waals surface area (Å²) >= 11 is 0. The highest BCUT2D eigenvalue weighted by molar-refractivity contribution is 5.90. The Kier molecular flexibility index (Phi) is 3.60. The third-order valence-electron chi connectivity index (χ3n) is 3.74. The van der Waals surface area contributed by atoms with E-state index in [4.69, 9.17) is 4.74 Å². The van der Waals surface area contributed by atoms with Gasteiger partial charge >= 0.3 is 5.97 Å². The molecule has 6 heteroatoms. The summed E-state index contributed by atoms with van der Waals surface area (Å²) in [5, 5.41) is 11.1. The van der Waals surface area contributed by atoms with Crippen molar-refractivity contribution < 1.29 is 9.53 Å². The van der Waals surface area contributed by atoms with Crippen LogP contribution < -0.4 is 10.9 Å². The second-order valence-electron chi connectivity index (χ2n) is 5.18. The van der Waals surface area contributed by atoms with Gasteiger partial charge < -0.3 is 10.1 Å². The number of anilines is 1. The maximum atomic E-state index is 11.7. The molecule has 6 nitrogen and oxygen atoms in total. The van der Waals surface area contributed by atoms with Crippen LogP contribution in [0.15, 0.2) is 29.1 Å². The lowest BCUT2D eigenvalue weighted by atomic mass is 10.2. The van der Waals surface area contributed by atoms with Crippen molar-refractivity contribution in [2.24, 2.45) is 11.8 Å². The van der Waals surface area contributed by atoms with Crippen LogP contribution in [0.25, 0.3) is 10.8 Å². The minimum atomic E-state index is -0.202. The summed E-state index contributed by atoms with van der Waals surface area (Å²) < 4.78 is 5.00. The number of carbonyl (C=O) groups is 1. The molecule has 2 atom stereocenters. The number of carbonyl (C=O) groups excluding carboxylic acids is 1. The van der Waals surface area contributed by atoms with E-state index in [0.29, 0.717) is 24.4 Å². The number of fused-ring (bicyclic) bond motifs is 1. The maximum absolute atomic E-state index is 11.7. The predicted molar refractivity (Wildman–Crippen MR) is 79.1 cm³/mol. The number of esters is 1. The lowest BCUT2D eigenvalue weighted by Gasteiger charge is -2.07. The number of nitrogens with one attached hydrogen (secondary N) is 2. The van der Waals surface area contributed by atoms with Gasteiger partial charge in [0.1, 0.15) is 0 Å². The molecule has 1 heterocycles. The van der Waals surface area contributed by atoms with Gasteiger partial charge in [-0.3, -0.25) is 9.59 Å². The molecular formula is C15H17N3O3. The van der Waals surface area contributed by atoms with E-state index in [1.807, 2.05) is 25.1 Å². The second-order valence-corrected chi connectivity index (χ2v) is 5.18. The third kappa shape index (κ3) is 2.74. The Balaban J connectivity index is 1.69. The number of ether oxygens (including phenoxy) is 1. The van der Waals surface area contributed by atoms with Gasteiger partial charge in [-0.1, -0.05) is 18.2 Å². The van der Waals surface area contributed by atoms with Crippen LogP contribution in [-0.2, 0) is 9.53 Å². The first-order valence-electron chi connectivity index (χ1n) is 7.08. The van der Waals surface area contributed by atoms with Crippen molar-refractivity contribution in [3.05, 3.63) is 34.6 Å². The fourth-order valence-electron chi connectivity index (χ4n) is 2.49. The van der Waals surface area contributed by atoms with Gasteiger partial charge in [0, 0.05) is 11.9 Å². The molecule has 0 radical (unpaired) electrons. The summed E-state index contributed by atoms with van der Waals surface area (Å²) in [5.74, 6) is 0.784. The topological polar surface area (TPSA) is 84.1 Å². The van der Waals surface area contributed by atoms with Gasteiger partial charge in [0.15, 0.2) is 5.82 Å². The predicted octanol–water partition coefficient (Wildman–Crippen LogP) is 1.53. The lowest BCUT2D eigenvalue weighted by Crippen LogP contribution is -2.15. The molecule has 1 fully saturated rings. The average molecular weight is 287 g/mol. The highest BCUT2D eigenvalue weighted by atomic mass is 16.5. The fraction of sp³-hybridized carbons (Fsp3) is 0.400. The number of nitrogens with zero attached hydrogens (tertiary/aromatic N) is 1. The minimum Gasteiger partial charge on any atom is -0.466 e. The van der Waals surface area contributed by atoms with E-state index in [-0.39, 0.29) is 23.4 Å². The molecule has 0 bridgehead atoms. The maximum Gasteiger partial charge on any atom is 0.309 e. The van der Waals surface area contributed by atoms with Crippen molar-refractivity contribution in [2.75, 3.05) is 18.5 Å². The molecule has 1 aromatic carbocycles. The normalized spacial score (nSPS) is 20.2. The molecule has 0 aliphatic heterocycles. The van der Waals surface area contributed by atoms with Gasteiger partial charge in [-0.05, 0) is 25.3 Å². The summed E-state index contributed by atoms with van der Waals surface area (Å²) in [7, 11) is 0. The molecule has 2 N–H and O–H groups in total. The molecule has 1 saturated carbocycles. The van der Waals surface area contributed by atoms with Gasteiger partial charge in [0.05, 0.1) is 17.9 Å². The molecule has 1 aliphatic rings. The van der Waals surface area contributed by atoms with Crippen molar-refractivity contribution >= 4 is 22.6 Å². The van der Waals surface area contributed by atoms with Crippen molar-refractivity contribution in [1.82, 2.24) is 10.2 Å². The van der Waals surface area contributed by atoms with Crippen LogP contribution in [0.2, 0.25) is 0 Å². The van der Waals surface area contributed by atoms with E-state index >= 15 is 0 Å². The Morgan fingerprint density at radius 3 is 2.95 bits per heavy atom. The largest absolute Gasteiger partial charge is 0.466 e. The smallest absolute Gasteiger partial charge is 0.309 e. The lowest BCUT2D eigenvalue weighted by molar-refractivity contribution is -0.145. The molecule has 0 amide bonds. The number of hydrogen-bond donors (Lipinski definition) is 2. The van der Waals surface area contributed by atoms with Gasteiger partial charge in [-0.2, -0.15) is 5.10 Å². The molecule has 1 aliphatic carbocycles. The van der Waals surface area contributed by atoms with E-state index < -0.39 is 0 Å². The SMILES string of the molecule is CCOC(=O)C1CC1CNc1n[nH]c(=O)c2ccccc12. The summed E-state index contributed by atoms with van der Waals surface area (Å²) in [6.07, 6.45) is 0.840. The van der Waals surface area contributed by atoms with Crippen LogP contribution in [0.4, 0.5) is 5.82 Å².